The average molecular weight is 320 g/mol. The molecule has 3 heterocycles. The van der Waals surface area contributed by atoms with Gasteiger partial charge in [-0.05, 0) is 18.6 Å². The van der Waals surface area contributed by atoms with E-state index in [4.69, 9.17) is 16.7 Å². The third-order valence-electron chi connectivity index (χ3n) is 3.53. The molecule has 1 N–H and O–H groups in total. The number of hydrogen-bond acceptors (Lipinski definition) is 5. The van der Waals surface area contributed by atoms with Crippen LogP contribution in [0.1, 0.15) is 37.8 Å². The number of carboxylic acids is 1. The Bertz CT molecular complexity index is 782. The molecule has 0 fully saturated rings. The number of ketones is 2. The molecule has 3 rings (SSSR count). The first-order valence-electron chi connectivity index (χ1n) is 6.48. The summed E-state index contributed by atoms with van der Waals surface area (Å²) in [5.41, 5.74) is 0.239. The second kappa shape index (κ2) is 5.34. The smallest absolute Gasteiger partial charge is 0.356 e. The number of pyridine rings is 1. The highest BCUT2D eigenvalue weighted by molar-refractivity contribution is 6.29. The quantitative estimate of drug-likeness (QED) is 0.525. The predicted molar refractivity (Wildman–Crippen MR) is 75.2 cm³/mol. The van der Waals surface area contributed by atoms with Gasteiger partial charge in [0.2, 0.25) is 0 Å². The molecule has 0 radical (unpaired) electrons. The van der Waals surface area contributed by atoms with Crippen molar-refractivity contribution in [3.63, 3.8) is 0 Å². The van der Waals surface area contributed by atoms with Crippen LogP contribution in [-0.2, 0) is 6.54 Å². The summed E-state index contributed by atoms with van der Waals surface area (Å²) < 4.78 is 1.33. The van der Waals surface area contributed by atoms with E-state index in [2.05, 4.69) is 10.1 Å². The Morgan fingerprint density at radius 2 is 2.14 bits per heavy atom. The van der Waals surface area contributed by atoms with Crippen LogP contribution in [0.4, 0.5) is 0 Å². The van der Waals surface area contributed by atoms with Crippen molar-refractivity contribution in [1.82, 2.24) is 14.8 Å². The number of nitrogens with zero attached hydrogens (tertiary/aromatic N) is 3. The Labute approximate surface area is 129 Å². The third-order valence-corrected chi connectivity index (χ3v) is 3.75. The van der Waals surface area contributed by atoms with Gasteiger partial charge in [0.1, 0.15) is 10.8 Å². The van der Waals surface area contributed by atoms with Crippen LogP contribution >= 0.6 is 11.6 Å². The van der Waals surface area contributed by atoms with Crippen molar-refractivity contribution in [2.24, 2.45) is 5.92 Å². The average Bonchev–Trinajstić information content (AvgIpc) is 2.93. The van der Waals surface area contributed by atoms with Crippen LogP contribution in [0.25, 0.3) is 0 Å². The first-order valence-corrected chi connectivity index (χ1v) is 6.86. The number of rotatable bonds is 3. The zero-order chi connectivity index (χ0) is 15.9. The fourth-order valence-corrected chi connectivity index (χ4v) is 2.54. The van der Waals surface area contributed by atoms with Crippen molar-refractivity contribution < 1.29 is 19.5 Å². The number of halogens is 1. The Balaban J connectivity index is 1.90. The Hall–Kier alpha value is -2.54. The van der Waals surface area contributed by atoms with Crippen LogP contribution in [0.15, 0.2) is 24.4 Å². The lowest BCUT2D eigenvalue weighted by atomic mass is 9.88. The van der Waals surface area contributed by atoms with Gasteiger partial charge in [-0.1, -0.05) is 11.6 Å². The number of hydrogen-bond donors (Lipinski definition) is 1. The number of aromatic nitrogens is 3. The maximum absolute atomic E-state index is 12.4. The molecule has 0 bridgehead atoms. The molecule has 0 aromatic carbocycles. The number of carboxylic acid groups (broad SMARTS) is 1. The lowest BCUT2D eigenvalue weighted by Gasteiger charge is -2.20. The van der Waals surface area contributed by atoms with Gasteiger partial charge < -0.3 is 5.11 Å². The Kier molecular flexibility index (Phi) is 3.50. The van der Waals surface area contributed by atoms with E-state index in [1.54, 1.807) is 0 Å². The van der Waals surface area contributed by atoms with E-state index < -0.39 is 17.7 Å². The minimum atomic E-state index is -1.21. The summed E-state index contributed by atoms with van der Waals surface area (Å²) >= 11 is 5.67. The lowest BCUT2D eigenvalue weighted by Crippen LogP contribution is -2.32. The maximum Gasteiger partial charge on any atom is 0.356 e. The molecule has 0 saturated carbocycles. The number of aromatic carboxylic acids is 1. The largest absolute Gasteiger partial charge is 0.476 e. The van der Waals surface area contributed by atoms with Gasteiger partial charge in [0.05, 0.1) is 5.92 Å². The molecule has 1 aliphatic rings. The van der Waals surface area contributed by atoms with Gasteiger partial charge in [-0.2, -0.15) is 5.10 Å². The first-order chi connectivity index (χ1) is 10.5. The second-order valence-corrected chi connectivity index (χ2v) is 5.27. The van der Waals surface area contributed by atoms with E-state index in [0.717, 1.165) is 0 Å². The molecule has 112 valence electrons. The number of carbonyl (C=O) groups is 3. The van der Waals surface area contributed by atoms with E-state index in [9.17, 15) is 14.4 Å². The predicted octanol–water partition coefficient (Wildman–Crippen LogP) is 1.72. The van der Waals surface area contributed by atoms with Crippen molar-refractivity contribution in [3.05, 3.63) is 46.5 Å². The summed E-state index contributed by atoms with van der Waals surface area (Å²) in [6, 6.07) is 4.19. The molecule has 0 amide bonds. The number of aryl methyl sites for hydroxylation is 1. The van der Waals surface area contributed by atoms with Crippen molar-refractivity contribution in [3.8, 4) is 0 Å². The topological polar surface area (TPSA) is 102 Å². The van der Waals surface area contributed by atoms with Gasteiger partial charge in [-0.25, -0.2) is 9.78 Å². The fourth-order valence-electron chi connectivity index (χ4n) is 2.42. The molecule has 2 aromatic heterocycles. The van der Waals surface area contributed by atoms with Gasteiger partial charge >= 0.3 is 5.97 Å². The van der Waals surface area contributed by atoms with Crippen molar-refractivity contribution in [2.45, 2.75) is 13.0 Å². The monoisotopic (exact) mass is 319 g/mol. The summed E-state index contributed by atoms with van der Waals surface area (Å²) in [5.74, 6) is -2.84. The normalized spacial score (nSPS) is 17.1. The SMILES string of the molecule is O=C(O)c1cc2n(n1)CCC(C(=O)c1ccc(Cl)nc1)C2=O. The van der Waals surface area contributed by atoms with Crippen molar-refractivity contribution in [2.75, 3.05) is 0 Å². The summed E-state index contributed by atoms with van der Waals surface area (Å²) in [6.07, 6.45) is 1.60. The van der Waals surface area contributed by atoms with Crippen molar-refractivity contribution >= 4 is 29.1 Å². The standard InChI is InChI=1S/C14H10ClN3O4/c15-11-2-1-7(6-16-11)12(19)8-3-4-18-10(13(8)20)5-9(17-18)14(21)22/h1-2,5-6,8H,3-4H2,(H,21,22). The van der Waals surface area contributed by atoms with Crippen LogP contribution < -0.4 is 0 Å². The summed E-state index contributed by atoms with van der Waals surface area (Å²) in [7, 11) is 0. The second-order valence-electron chi connectivity index (χ2n) is 4.88. The molecular weight excluding hydrogens is 310 g/mol. The van der Waals surface area contributed by atoms with Crippen LogP contribution in [0, 0.1) is 5.92 Å². The fraction of sp³-hybridized carbons (Fsp3) is 0.214. The van der Waals surface area contributed by atoms with Gasteiger partial charge in [0.25, 0.3) is 0 Å². The van der Waals surface area contributed by atoms with E-state index in [0.29, 0.717) is 12.1 Å². The molecular formula is C14H10ClN3O4. The van der Waals surface area contributed by atoms with Crippen LogP contribution in [0.2, 0.25) is 5.15 Å². The molecule has 7 nitrogen and oxygen atoms in total. The molecule has 1 unspecified atom stereocenters. The van der Waals surface area contributed by atoms with Gasteiger partial charge in [-0.15, -0.1) is 0 Å². The van der Waals surface area contributed by atoms with E-state index >= 15 is 0 Å². The zero-order valence-corrected chi connectivity index (χ0v) is 11.9. The van der Waals surface area contributed by atoms with Gasteiger partial charge in [0, 0.05) is 24.4 Å². The lowest BCUT2D eigenvalue weighted by molar-refractivity contribution is 0.0685. The van der Waals surface area contributed by atoms with E-state index in [1.165, 1.54) is 29.1 Å². The highest BCUT2D eigenvalue weighted by atomic mass is 35.5. The summed E-state index contributed by atoms with van der Waals surface area (Å²) in [4.78, 5) is 39.6. The van der Waals surface area contributed by atoms with Crippen LogP contribution in [0.5, 0.6) is 0 Å². The van der Waals surface area contributed by atoms with Crippen LogP contribution in [-0.4, -0.2) is 37.4 Å². The molecule has 0 spiro atoms. The van der Waals surface area contributed by atoms with Gasteiger partial charge in [-0.3, -0.25) is 14.3 Å². The molecule has 22 heavy (non-hydrogen) atoms. The highest BCUT2D eigenvalue weighted by Crippen LogP contribution is 2.24. The van der Waals surface area contributed by atoms with E-state index in [-0.39, 0.29) is 28.7 Å². The Morgan fingerprint density at radius 1 is 1.36 bits per heavy atom. The molecule has 8 heteroatoms. The minimum absolute atomic E-state index is 0.143. The third kappa shape index (κ3) is 2.39. The minimum Gasteiger partial charge on any atom is -0.476 e. The number of fused-ring (bicyclic) bond motifs is 1. The molecule has 1 aliphatic heterocycles. The maximum atomic E-state index is 12.4. The first kappa shape index (κ1) is 14.4. The summed E-state index contributed by atoms with van der Waals surface area (Å²) in [5, 5.41) is 13.0. The van der Waals surface area contributed by atoms with E-state index in [1.807, 2.05) is 0 Å². The zero-order valence-electron chi connectivity index (χ0n) is 11.2. The molecule has 1 atom stereocenters. The van der Waals surface area contributed by atoms with Gasteiger partial charge in [0.15, 0.2) is 17.3 Å². The van der Waals surface area contributed by atoms with Crippen LogP contribution in [0.3, 0.4) is 0 Å². The molecule has 0 saturated heterocycles. The Morgan fingerprint density at radius 3 is 2.77 bits per heavy atom. The highest BCUT2D eigenvalue weighted by Gasteiger charge is 2.35. The summed E-state index contributed by atoms with van der Waals surface area (Å²) in [6.45, 7) is 0.311. The van der Waals surface area contributed by atoms with Crippen molar-refractivity contribution in [1.29, 1.82) is 0 Å². The number of Topliss-reactive ketones (excluding diaryl/α,β-unsaturated/α-hetero) is 2. The molecule has 0 aliphatic carbocycles. The number of carbonyl (C=O) groups excluding carboxylic acids is 2. The molecule has 2 aromatic rings.